The van der Waals surface area contributed by atoms with Gasteiger partial charge in [-0.05, 0) is 18.6 Å². The van der Waals surface area contributed by atoms with Crippen molar-refractivity contribution in [3.8, 4) is 0 Å². The Balaban J connectivity index is 1.96. The monoisotopic (exact) mass is 262 g/mol. The molecule has 0 fully saturated rings. The molecule has 6 nitrogen and oxygen atoms in total. The van der Waals surface area contributed by atoms with E-state index in [9.17, 15) is 0 Å². The molecule has 18 heavy (non-hydrogen) atoms. The fourth-order valence-electron chi connectivity index (χ4n) is 1.54. The Morgan fingerprint density at radius 3 is 3.06 bits per heavy atom. The summed E-state index contributed by atoms with van der Waals surface area (Å²) in [7, 11) is 0. The molecule has 0 spiro atoms. The van der Waals surface area contributed by atoms with Gasteiger partial charge in [0.15, 0.2) is 5.82 Å². The highest BCUT2D eigenvalue weighted by Gasteiger charge is 2.05. The molecule has 2 aromatic heterocycles. The standard InChI is InChI=1S/C11H14N6S/c1-8-6-15-17(7-8)5-4-13-11-9(10(12)18)2-3-14-16-11/h2-3,6-7H,4-5H2,1H3,(H2,12,18)(H,13,16). The third kappa shape index (κ3) is 3.01. The highest BCUT2D eigenvalue weighted by molar-refractivity contribution is 7.80. The summed E-state index contributed by atoms with van der Waals surface area (Å²) in [5, 5.41) is 15.1. The molecule has 2 aromatic rings. The van der Waals surface area contributed by atoms with Gasteiger partial charge < -0.3 is 11.1 Å². The molecule has 2 rings (SSSR count). The first-order valence-electron chi connectivity index (χ1n) is 5.51. The van der Waals surface area contributed by atoms with Crippen molar-refractivity contribution in [1.29, 1.82) is 0 Å². The summed E-state index contributed by atoms with van der Waals surface area (Å²) in [5.74, 6) is 0.605. The fourth-order valence-corrected chi connectivity index (χ4v) is 1.70. The number of aromatic nitrogens is 4. The molecule has 0 aliphatic carbocycles. The zero-order valence-corrected chi connectivity index (χ0v) is 10.8. The van der Waals surface area contributed by atoms with Crippen molar-refractivity contribution < 1.29 is 0 Å². The molecule has 3 N–H and O–H groups in total. The van der Waals surface area contributed by atoms with Crippen molar-refractivity contribution in [1.82, 2.24) is 20.0 Å². The Labute approximate surface area is 110 Å². The molecule has 0 aromatic carbocycles. The summed E-state index contributed by atoms with van der Waals surface area (Å²) in [6.45, 7) is 3.42. The van der Waals surface area contributed by atoms with E-state index in [1.807, 2.05) is 24.0 Å². The van der Waals surface area contributed by atoms with Gasteiger partial charge in [0.05, 0.1) is 24.5 Å². The molecule has 0 saturated heterocycles. The molecule has 0 radical (unpaired) electrons. The van der Waals surface area contributed by atoms with Crippen LogP contribution in [-0.4, -0.2) is 31.5 Å². The molecular weight excluding hydrogens is 248 g/mol. The maximum Gasteiger partial charge on any atom is 0.159 e. The van der Waals surface area contributed by atoms with E-state index in [0.29, 0.717) is 22.9 Å². The minimum atomic E-state index is 0.308. The summed E-state index contributed by atoms with van der Waals surface area (Å²) in [5.41, 5.74) is 7.45. The summed E-state index contributed by atoms with van der Waals surface area (Å²) in [6.07, 6.45) is 5.37. The molecule has 0 unspecified atom stereocenters. The lowest BCUT2D eigenvalue weighted by Gasteiger charge is -2.08. The first-order chi connectivity index (χ1) is 8.66. The van der Waals surface area contributed by atoms with Crippen LogP contribution in [0.1, 0.15) is 11.1 Å². The van der Waals surface area contributed by atoms with Crippen molar-refractivity contribution in [2.24, 2.45) is 5.73 Å². The van der Waals surface area contributed by atoms with Crippen LogP contribution in [0.3, 0.4) is 0 Å². The lowest BCUT2D eigenvalue weighted by atomic mass is 10.3. The van der Waals surface area contributed by atoms with Crippen LogP contribution >= 0.6 is 12.2 Å². The van der Waals surface area contributed by atoms with Crippen LogP contribution < -0.4 is 11.1 Å². The second-order valence-electron chi connectivity index (χ2n) is 3.87. The second kappa shape index (κ2) is 5.54. The maximum atomic E-state index is 5.61. The SMILES string of the molecule is Cc1cnn(CCNc2nnccc2C(N)=S)c1. The molecule has 0 amide bonds. The van der Waals surface area contributed by atoms with Crippen LogP contribution in [0.4, 0.5) is 5.82 Å². The summed E-state index contributed by atoms with van der Waals surface area (Å²) in [4.78, 5) is 0.308. The van der Waals surface area contributed by atoms with Crippen molar-refractivity contribution in [3.63, 3.8) is 0 Å². The van der Waals surface area contributed by atoms with E-state index in [1.165, 1.54) is 0 Å². The maximum absolute atomic E-state index is 5.61. The second-order valence-corrected chi connectivity index (χ2v) is 4.31. The van der Waals surface area contributed by atoms with Crippen LogP contribution in [0.25, 0.3) is 0 Å². The number of anilines is 1. The molecule has 0 aliphatic rings. The Morgan fingerprint density at radius 1 is 1.56 bits per heavy atom. The van der Waals surface area contributed by atoms with Crippen LogP contribution in [-0.2, 0) is 6.54 Å². The number of aryl methyl sites for hydroxylation is 1. The van der Waals surface area contributed by atoms with Crippen molar-refractivity contribution in [3.05, 3.63) is 35.8 Å². The predicted octanol–water partition coefficient (Wildman–Crippen LogP) is 0.728. The number of thiocarbonyl (C=S) groups is 1. The van der Waals surface area contributed by atoms with Crippen LogP contribution in [0, 0.1) is 6.92 Å². The van der Waals surface area contributed by atoms with Gasteiger partial charge in [0, 0.05) is 12.7 Å². The first kappa shape index (κ1) is 12.4. The molecule has 0 atom stereocenters. The smallest absolute Gasteiger partial charge is 0.159 e. The zero-order valence-electron chi connectivity index (χ0n) is 10.00. The van der Waals surface area contributed by atoms with Gasteiger partial charge in [-0.2, -0.15) is 10.2 Å². The molecule has 94 valence electrons. The molecule has 0 bridgehead atoms. The van der Waals surface area contributed by atoms with E-state index in [2.05, 4.69) is 20.6 Å². The van der Waals surface area contributed by atoms with Crippen molar-refractivity contribution in [2.45, 2.75) is 13.5 Å². The number of hydrogen-bond donors (Lipinski definition) is 2. The van der Waals surface area contributed by atoms with Gasteiger partial charge >= 0.3 is 0 Å². The molecule has 0 aliphatic heterocycles. The average molecular weight is 262 g/mol. The first-order valence-corrected chi connectivity index (χ1v) is 5.92. The van der Waals surface area contributed by atoms with E-state index in [1.54, 1.807) is 12.3 Å². The Kier molecular flexibility index (Phi) is 3.83. The van der Waals surface area contributed by atoms with Crippen LogP contribution in [0.15, 0.2) is 24.7 Å². The van der Waals surface area contributed by atoms with Gasteiger partial charge in [-0.3, -0.25) is 4.68 Å². The van der Waals surface area contributed by atoms with E-state index < -0.39 is 0 Å². The summed E-state index contributed by atoms with van der Waals surface area (Å²) in [6, 6.07) is 1.75. The Hall–Kier alpha value is -2.02. The van der Waals surface area contributed by atoms with Gasteiger partial charge in [0.2, 0.25) is 0 Å². The largest absolute Gasteiger partial charge is 0.389 e. The predicted molar refractivity (Wildman–Crippen MR) is 73.4 cm³/mol. The lowest BCUT2D eigenvalue weighted by molar-refractivity contribution is 0.636. The van der Waals surface area contributed by atoms with Crippen molar-refractivity contribution >= 4 is 23.0 Å². The normalized spacial score (nSPS) is 10.3. The fraction of sp³-hybridized carbons (Fsp3) is 0.273. The zero-order chi connectivity index (χ0) is 13.0. The highest BCUT2D eigenvalue weighted by atomic mass is 32.1. The number of hydrogen-bond acceptors (Lipinski definition) is 5. The van der Waals surface area contributed by atoms with Crippen molar-refractivity contribution in [2.75, 3.05) is 11.9 Å². The van der Waals surface area contributed by atoms with Crippen LogP contribution in [0.2, 0.25) is 0 Å². The quantitative estimate of drug-likeness (QED) is 0.773. The molecular formula is C11H14N6S. The van der Waals surface area contributed by atoms with Gasteiger partial charge in [-0.1, -0.05) is 12.2 Å². The van der Waals surface area contributed by atoms with E-state index >= 15 is 0 Å². The highest BCUT2D eigenvalue weighted by Crippen LogP contribution is 2.09. The minimum absolute atomic E-state index is 0.308. The number of nitrogens with one attached hydrogen (secondary N) is 1. The van der Waals surface area contributed by atoms with Gasteiger partial charge in [-0.25, -0.2) is 0 Å². The summed E-state index contributed by atoms with van der Waals surface area (Å²) >= 11 is 4.95. The Bertz CT molecular complexity index is 550. The van der Waals surface area contributed by atoms with E-state index in [0.717, 1.165) is 12.1 Å². The van der Waals surface area contributed by atoms with E-state index in [-0.39, 0.29) is 0 Å². The van der Waals surface area contributed by atoms with Gasteiger partial charge in [0.1, 0.15) is 4.99 Å². The van der Waals surface area contributed by atoms with Gasteiger partial charge in [-0.15, -0.1) is 5.10 Å². The third-order valence-electron chi connectivity index (χ3n) is 2.38. The minimum Gasteiger partial charge on any atom is -0.389 e. The third-order valence-corrected chi connectivity index (χ3v) is 2.60. The Morgan fingerprint density at radius 2 is 2.39 bits per heavy atom. The summed E-state index contributed by atoms with van der Waals surface area (Å²) < 4.78 is 1.86. The van der Waals surface area contributed by atoms with E-state index in [4.69, 9.17) is 18.0 Å². The number of nitrogens with two attached hydrogens (primary N) is 1. The molecule has 0 saturated carbocycles. The molecule has 2 heterocycles. The topological polar surface area (TPSA) is 81.7 Å². The number of nitrogens with zero attached hydrogens (tertiary/aromatic N) is 4. The number of rotatable bonds is 5. The average Bonchev–Trinajstić information content (AvgIpc) is 2.75. The molecule has 7 heteroatoms. The lowest BCUT2D eigenvalue weighted by Crippen LogP contribution is -2.17. The van der Waals surface area contributed by atoms with Gasteiger partial charge in [0.25, 0.3) is 0 Å². The van der Waals surface area contributed by atoms with Crippen LogP contribution in [0.5, 0.6) is 0 Å².